The summed E-state index contributed by atoms with van der Waals surface area (Å²) >= 11 is 0. The van der Waals surface area contributed by atoms with Crippen LogP contribution < -0.4 is 10.5 Å². The fraction of sp³-hybridized carbons (Fsp3) is 0.136. The number of likely N-dealkylation sites (N-methyl/N-ethyl adjacent to an activating group) is 1. The van der Waals surface area contributed by atoms with Gasteiger partial charge in [-0.3, -0.25) is 9.69 Å². The largest absolute Gasteiger partial charge is 0.435 e. The van der Waals surface area contributed by atoms with Crippen LogP contribution in [-0.2, 0) is 10.3 Å². The summed E-state index contributed by atoms with van der Waals surface area (Å²) in [5, 5.41) is 0. The Labute approximate surface area is 180 Å². The van der Waals surface area contributed by atoms with Crippen molar-refractivity contribution in [3.8, 4) is 16.9 Å². The topological polar surface area (TPSA) is 80.8 Å². The number of nitrogens with two attached hydrogens (primary N) is 1. The minimum atomic E-state index is -3.01. The zero-order valence-electron chi connectivity index (χ0n) is 16.6. The van der Waals surface area contributed by atoms with Gasteiger partial charge in [0.15, 0.2) is 11.5 Å². The highest BCUT2D eigenvalue weighted by Gasteiger charge is 2.49. The molecule has 6 nitrogen and oxygen atoms in total. The SMILES string of the molecule is CN1C(=O)[C@@](c2ccc(OC(F)F)cc2)(c2ccc(F)c(-c3ccc(F)nc3)c2)N=C1N. The number of ether oxygens (including phenoxy) is 1. The standard InChI is InChI=1S/C22H16F4N4O2/c1-30-19(31)22(29-21(30)27,13-3-6-15(7-4-13)32-20(25)26)14-5-8-17(23)16(10-14)12-2-9-18(24)28-11-12/h2-11,20H,1H3,(H2,27,29)/t22-/m1/s1. The van der Waals surface area contributed by atoms with Crippen molar-refractivity contribution in [1.82, 2.24) is 9.88 Å². The molecule has 164 valence electrons. The summed E-state index contributed by atoms with van der Waals surface area (Å²) in [6.45, 7) is -3.01. The molecule has 0 spiro atoms. The van der Waals surface area contributed by atoms with E-state index in [9.17, 15) is 22.4 Å². The fourth-order valence-electron chi connectivity index (χ4n) is 3.57. The van der Waals surface area contributed by atoms with Crippen molar-refractivity contribution >= 4 is 11.9 Å². The summed E-state index contributed by atoms with van der Waals surface area (Å²) in [5.74, 6) is -2.04. The lowest BCUT2D eigenvalue weighted by molar-refractivity contribution is -0.129. The Bertz CT molecular complexity index is 1200. The Balaban J connectivity index is 1.88. The fourth-order valence-corrected chi connectivity index (χ4v) is 3.57. The van der Waals surface area contributed by atoms with E-state index in [1.54, 1.807) is 0 Å². The van der Waals surface area contributed by atoms with E-state index in [-0.39, 0.29) is 28.4 Å². The Morgan fingerprint density at radius 3 is 2.28 bits per heavy atom. The number of amides is 1. The average Bonchev–Trinajstić information content (AvgIpc) is 3.00. The maximum Gasteiger partial charge on any atom is 0.387 e. The lowest BCUT2D eigenvalue weighted by Crippen LogP contribution is -2.41. The van der Waals surface area contributed by atoms with Gasteiger partial charge in [0.1, 0.15) is 11.6 Å². The number of pyridine rings is 1. The zero-order chi connectivity index (χ0) is 23.0. The number of nitrogens with zero attached hydrogens (tertiary/aromatic N) is 3. The Morgan fingerprint density at radius 1 is 1.03 bits per heavy atom. The normalized spacial score (nSPS) is 18.2. The first-order valence-electron chi connectivity index (χ1n) is 9.33. The molecule has 3 aromatic rings. The molecule has 1 aliphatic rings. The summed E-state index contributed by atoms with van der Waals surface area (Å²) in [7, 11) is 1.44. The van der Waals surface area contributed by atoms with Crippen molar-refractivity contribution in [1.29, 1.82) is 0 Å². The number of guanidine groups is 1. The van der Waals surface area contributed by atoms with Gasteiger partial charge in [0.2, 0.25) is 5.95 Å². The first-order chi connectivity index (χ1) is 15.2. The first kappa shape index (κ1) is 21.3. The zero-order valence-corrected chi connectivity index (χ0v) is 16.6. The third-order valence-electron chi connectivity index (χ3n) is 5.16. The molecule has 0 fully saturated rings. The molecule has 0 bridgehead atoms. The van der Waals surface area contributed by atoms with Gasteiger partial charge < -0.3 is 10.5 Å². The molecule has 0 unspecified atom stereocenters. The molecule has 1 amide bonds. The van der Waals surface area contributed by atoms with Crippen LogP contribution in [0.3, 0.4) is 0 Å². The number of benzene rings is 2. The van der Waals surface area contributed by atoms with Crippen LogP contribution in [0.1, 0.15) is 11.1 Å². The minimum absolute atomic E-state index is 0.0720. The van der Waals surface area contributed by atoms with Crippen LogP contribution >= 0.6 is 0 Å². The van der Waals surface area contributed by atoms with Crippen LogP contribution in [-0.4, -0.2) is 35.4 Å². The highest BCUT2D eigenvalue weighted by Crippen LogP contribution is 2.41. The number of rotatable bonds is 5. The number of carbonyl (C=O) groups excluding carboxylic acids is 1. The molecule has 0 aliphatic carbocycles. The summed E-state index contributed by atoms with van der Waals surface area (Å²) in [6, 6.07) is 11.7. The van der Waals surface area contributed by atoms with Gasteiger partial charge in [-0.05, 0) is 47.5 Å². The maximum absolute atomic E-state index is 14.6. The molecule has 0 saturated carbocycles. The third-order valence-corrected chi connectivity index (χ3v) is 5.16. The van der Waals surface area contributed by atoms with Crippen LogP contribution in [0.4, 0.5) is 17.6 Å². The molecule has 1 atom stereocenters. The predicted molar refractivity (Wildman–Crippen MR) is 108 cm³/mol. The van der Waals surface area contributed by atoms with Gasteiger partial charge in [0.25, 0.3) is 5.91 Å². The smallest absolute Gasteiger partial charge is 0.387 e. The number of carbonyl (C=O) groups is 1. The lowest BCUT2D eigenvalue weighted by Gasteiger charge is -2.27. The van der Waals surface area contributed by atoms with Crippen LogP contribution in [0.5, 0.6) is 5.75 Å². The molecule has 10 heteroatoms. The second-order valence-corrected chi connectivity index (χ2v) is 7.01. The van der Waals surface area contributed by atoms with Crippen LogP contribution in [0.25, 0.3) is 11.1 Å². The van der Waals surface area contributed by atoms with E-state index < -0.39 is 29.8 Å². The molecular weight excluding hydrogens is 428 g/mol. The van der Waals surface area contributed by atoms with Crippen LogP contribution in [0.2, 0.25) is 0 Å². The Hall–Kier alpha value is -3.95. The minimum Gasteiger partial charge on any atom is -0.435 e. The van der Waals surface area contributed by atoms with Crippen LogP contribution in [0.15, 0.2) is 65.8 Å². The number of halogens is 4. The first-order valence-corrected chi connectivity index (χ1v) is 9.33. The predicted octanol–water partition coefficient (Wildman–Crippen LogP) is 3.66. The molecule has 2 heterocycles. The van der Waals surface area contributed by atoms with E-state index in [1.165, 1.54) is 55.7 Å². The van der Waals surface area contributed by atoms with Crippen molar-refractivity contribution in [3.63, 3.8) is 0 Å². The quantitative estimate of drug-likeness (QED) is 0.481. The number of aliphatic imine (C=N–C) groups is 1. The Morgan fingerprint density at radius 2 is 1.72 bits per heavy atom. The summed E-state index contributed by atoms with van der Waals surface area (Å²) in [5.41, 5.74) is 5.18. The number of alkyl halides is 2. The van der Waals surface area contributed by atoms with E-state index in [4.69, 9.17) is 5.73 Å². The molecule has 2 aromatic carbocycles. The number of hydrogen-bond acceptors (Lipinski definition) is 5. The highest BCUT2D eigenvalue weighted by atomic mass is 19.3. The molecule has 4 rings (SSSR count). The number of hydrogen-bond donors (Lipinski definition) is 1. The maximum atomic E-state index is 14.6. The molecule has 2 N–H and O–H groups in total. The molecule has 32 heavy (non-hydrogen) atoms. The second kappa shape index (κ2) is 7.95. The van der Waals surface area contributed by atoms with E-state index in [0.29, 0.717) is 5.56 Å². The number of aromatic nitrogens is 1. The van der Waals surface area contributed by atoms with Gasteiger partial charge in [-0.1, -0.05) is 18.2 Å². The summed E-state index contributed by atoms with van der Waals surface area (Å²) in [4.78, 5) is 22.4. The molecule has 1 aliphatic heterocycles. The summed E-state index contributed by atoms with van der Waals surface area (Å²) in [6.07, 6.45) is 1.17. The van der Waals surface area contributed by atoms with E-state index in [1.807, 2.05) is 0 Å². The molecule has 1 aromatic heterocycles. The van der Waals surface area contributed by atoms with Crippen molar-refractivity contribution in [3.05, 3.63) is 83.7 Å². The van der Waals surface area contributed by atoms with Gasteiger partial charge >= 0.3 is 6.61 Å². The monoisotopic (exact) mass is 444 g/mol. The van der Waals surface area contributed by atoms with Crippen molar-refractivity contribution in [2.24, 2.45) is 10.7 Å². The third kappa shape index (κ3) is 3.53. The van der Waals surface area contributed by atoms with Gasteiger partial charge in [-0.2, -0.15) is 13.2 Å². The van der Waals surface area contributed by atoms with Crippen LogP contribution in [0, 0.1) is 11.8 Å². The lowest BCUT2D eigenvalue weighted by atomic mass is 9.81. The summed E-state index contributed by atoms with van der Waals surface area (Å²) < 4.78 is 57.2. The van der Waals surface area contributed by atoms with Gasteiger partial charge in [-0.15, -0.1) is 0 Å². The molecular formula is C22H16F4N4O2. The van der Waals surface area contributed by atoms with Gasteiger partial charge in [0, 0.05) is 24.4 Å². The van der Waals surface area contributed by atoms with Gasteiger partial charge in [-0.25, -0.2) is 14.4 Å². The highest BCUT2D eigenvalue weighted by molar-refractivity contribution is 6.09. The second-order valence-electron chi connectivity index (χ2n) is 7.01. The van der Waals surface area contributed by atoms with Crippen molar-refractivity contribution in [2.75, 3.05) is 7.05 Å². The van der Waals surface area contributed by atoms with E-state index >= 15 is 0 Å². The molecule has 0 saturated heterocycles. The Kier molecular flexibility index (Phi) is 5.29. The average molecular weight is 444 g/mol. The van der Waals surface area contributed by atoms with Gasteiger partial charge in [0.05, 0.1) is 0 Å². The van der Waals surface area contributed by atoms with E-state index in [2.05, 4.69) is 14.7 Å². The van der Waals surface area contributed by atoms with Crippen molar-refractivity contribution < 1.29 is 27.1 Å². The van der Waals surface area contributed by atoms with Crippen molar-refractivity contribution in [2.45, 2.75) is 12.2 Å². The van der Waals surface area contributed by atoms with E-state index in [0.717, 1.165) is 17.0 Å². The molecule has 0 radical (unpaired) electrons.